The van der Waals surface area contributed by atoms with Crippen LogP contribution in [-0.4, -0.2) is 49.2 Å². The molecule has 0 aliphatic carbocycles. The van der Waals surface area contributed by atoms with E-state index in [4.69, 9.17) is 0 Å². The maximum absolute atomic E-state index is 12.8. The Morgan fingerprint density at radius 1 is 0.962 bits per heavy atom. The summed E-state index contributed by atoms with van der Waals surface area (Å²) in [7, 11) is -3.46. The minimum atomic E-state index is -3.46. The summed E-state index contributed by atoms with van der Waals surface area (Å²) >= 11 is 0. The van der Waals surface area contributed by atoms with Crippen molar-refractivity contribution in [2.24, 2.45) is 5.92 Å². The van der Waals surface area contributed by atoms with Gasteiger partial charge < -0.3 is 4.90 Å². The Balaban J connectivity index is 1.76. The van der Waals surface area contributed by atoms with Crippen molar-refractivity contribution in [3.8, 4) is 0 Å². The molecule has 2 saturated heterocycles. The van der Waals surface area contributed by atoms with Crippen LogP contribution in [0.1, 0.15) is 62.7 Å². The van der Waals surface area contributed by atoms with Crippen LogP contribution in [0.5, 0.6) is 0 Å². The van der Waals surface area contributed by atoms with Gasteiger partial charge in [-0.15, -0.1) is 0 Å². The first-order chi connectivity index (χ1) is 12.4. The number of nitrogens with zero attached hydrogens (tertiary/aromatic N) is 2. The lowest BCUT2D eigenvalue weighted by Gasteiger charge is -2.28. The monoisotopic (exact) mass is 378 g/mol. The fourth-order valence-electron chi connectivity index (χ4n) is 4.10. The van der Waals surface area contributed by atoms with E-state index in [1.165, 1.54) is 0 Å². The zero-order valence-electron chi connectivity index (χ0n) is 15.9. The molecule has 6 heteroatoms. The summed E-state index contributed by atoms with van der Waals surface area (Å²) in [6.45, 7) is 6.26. The van der Waals surface area contributed by atoms with Crippen LogP contribution >= 0.6 is 0 Å². The summed E-state index contributed by atoms with van der Waals surface area (Å²) in [5, 5.41) is 0. The molecule has 2 aliphatic rings. The average molecular weight is 379 g/mol. The molecule has 1 atom stereocenters. The lowest BCUT2D eigenvalue weighted by molar-refractivity contribution is 0.0701. The molecular weight excluding hydrogens is 348 g/mol. The van der Waals surface area contributed by atoms with Gasteiger partial charge >= 0.3 is 0 Å². The lowest BCUT2D eigenvalue weighted by atomic mass is 10.0. The smallest absolute Gasteiger partial charge is 0.254 e. The van der Waals surface area contributed by atoms with Gasteiger partial charge in [-0.3, -0.25) is 4.79 Å². The van der Waals surface area contributed by atoms with Gasteiger partial charge in [0.1, 0.15) is 0 Å². The quantitative estimate of drug-likeness (QED) is 0.805. The highest BCUT2D eigenvalue weighted by Crippen LogP contribution is 2.26. The number of rotatable bonds is 4. The normalized spacial score (nSPS) is 22.6. The molecule has 2 heterocycles. The van der Waals surface area contributed by atoms with E-state index < -0.39 is 10.0 Å². The van der Waals surface area contributed by atoms with Crippen molar-refractivity contribution in [2.75, 3.05) is 19.6 Å². The maximum atomic E-state index is 12.8. The zero-order valence-corrected chi connectivity index (χ0v) is 16.7. The Morgan fingerprint density at radius 2 is 1.58 bits per heavy atom. The molecule has 2 fully saturated rings. The molecule has 2 aliphatic heterocycles. The van der Waals surface area contributed by atoms with Gasteiger partial charge in [0.2, 0.25) is 10.0 Å². The summed E-state index contributed by atoms with van der Waals surface area (Å²) in [6, 6.07) is 6.80. The van der Waals surface area contributed by atoms with E-state index in [0.717, 1.165) is 45.1 Å². The predicted molar refractivity (Wildman–Crippen MR) is 103 cm³/mol. The number of amides is 1. The lowest BCUT2D eigenvalue weighted by Crippen LogP contribution is -2.38. The van der Waals surface area contributed by atoms with Crippen LogP contribution in [0.3, 0.4) is 0 Å². The number of likely N-dealkylation sites (tertiary alicyclic amines) is 1. The number of sulfonamides is 1. The molecule has 1 aromatic carbocycles. The molecule has 1 unspecified atom stereocenters. The largest absolute Gasteiger partial charge is 0.335 e. The summed E-state index contributed by atoms with van der Waals surface area (Å²) in [5.41, 5.74) is 0.576. The van der Waals surface area contributed by atoms with Crippen molar-refractivity contribution in [1.29, 1.82) is 0 Å². The third-order valence-electron chi connectivity index (χ3n) is 5.63. The van der Waals surface area contributed by atoms with E-state index >= 15 is 0 Å². The first-order valence-corrected chi connectivity index (χ1v) is 11.3. The fraction of sp³-hybridized carbons (Fsp3) is 0.650. The summed E-state index contributed by atoms with van der Waals surface area (Å²) in [4.78, 5) is 15.1. The predicted octanol–water partition coefficient (Wildman–Crippen LogP) is 3.51. The number of carbonyl (C=O) groups is 1. The van der Waals surface area contributed by atoms with Gasteiger partial charge in [0.25, 0.3) is 5.91 Å². The van der Waals surface area contributed by atoms with Gasteiger partial charge in [0.15, 0.2) is 0 Å². The van der Waals surface area contributed by atoms with Crippen LogP contribution in [0, 0.1) is 5.92 Å². The highest BCUT2D eigenvalue weighted by Gasteiger charge is 2.32. The molecule has 0 aromatic heterocycles. The number of benzene rings is 1. The molecule has 0 saturated carbocycles. The number of hydrogen-bond acceptors (Lipinski definition) is 3. The molecule has 0 N–H and O–H groups in total. The van der Waals surface area contributed by atoms with Gasteiger partial charge in [0.05, 0.1) is 4.90 Å². The van der Waals surface area contributed by atoms with E-state index in [1.807, 2.05) is 4.90 Å². The highest BCUT2D eigenvalue weighted by molar-refractivity contribution is 7.89. The van der Waals surface area contributed by atoms with Gasteiger partial charge in [-0.05, 0) is 55.9 Å². The van der Waals surface area contributed by atoms with Crippen LogP contribution in [-0.2, 0) is 10.0 Å². The Bertz CT molecular complexity index is 720. The molecule has 1 amide bonds. The van der Waals surface area contributed by atoms with Crippen molar-refractivity contribution in [1.82, 2.24) is 9.21 Å². The van der Waals surface area contributed by atoms with E-state index in [0.29, 0.717) is 24.6 Å². The molecule has 0 bridgehead atoms. The Kier molecular flexibility index (Phi) is 6.03. The molecule has 5 nitrogen and oxygen atoms in total. The number of carbonyl (C=O) groups excluding carboxylic acids is 1. The van der Waals surface area contributed by atoms with Crippen LogP contribution < -0.4 is 0 Å². The second-order valence-corrected chi connectivity index (χ2v) is 9.73. The molecule has 1 aromatic rings. The first kappa shape index (κ1) is 19.4. The van der Waals surface area contributed by atoms with Crippen LogP contribution in [0.15, 0.2) is 29.2 Å². The Labute approximate surface area is 157 Å². The van der Waals surface area contributed by atoms with Crippen LogP contribution in [0.25, 0.3) is 0 Å². The summed E-state index contributed by atoms with van der Waals surface area (Å²) in [5.74, 6) is 0.448. The van der Waals surface area contributed by atoms with Crippen molar-refractivity contribution in [3.63, 3.8) is 0 Å². The molecule has 26 heavy (non-hydrogen) atoms. The van der Waals surface area contributed by atoms with Gasteiger partial charge in [-0.2, -0.15) is 4.31 Å². The Morgan fingerprint density at radius 3 is 2.15 bits per heavy atom. The second-order valence-electron chi connectivity index (χ2n) is 7.79. The van der Waals surface area contributed by atoms with Gasteiger partial charge in [-0.25, -0.2) is 8.42 Å². The SMILES string of the molecule is CC(C)C1CCCN1C(=O)c1ccc(S(=O)(=O)N2CCCCCC2)cc1. The zero-order chi connectivity index (χ0) is 18.7. The maximum Gasteiger partial charge on any atom is 0.254 e. The van der Waals surface area contributed by atoms with Crippen molar-refractivity contribution in [3.05, 3.63) is 29.8 Å². The third kappa shape index (κ3) is 3.96. The van der Waals surface area contributed by atoms with E-state index in [9.17, 15) is 13.2 Å². The molecule has 0 spiro atoms. The summed E-state index contributed by atoms with van der Waals surface area (Å²) < 4.78 is 27.3. The minimum Gasteiger partial charge on any atom is -0.335 e. The molecule has 144 valence electrons. The second kappa shape index (κ2) is 8.09. The molecule has 3 rings (SSSR count). The summed E-state index contributed by atoms with van der Waals surface area (Å²) in [6.07, 6.45) is 6.10. The topological polar surface area (TPSA) is 57.7 Å². The minimum absolute atomic E-state index is 0.0138. The molecule has 0 radical (unpaired) electrons. The van der Waals surface area contributed by atoms with Gasteiger partial charge in [-0.1, -0.05) is 26.7 Å². The van der Waals surface area contributed by atoms with E-state index in [-0.39, 0.29) is 16.8 Å². The van der Waals surface area contributed by atoms with Crippen LogP contribution in [0.4, 0.5) is 0 Å². The highest BCUT2D eigenvalue weighted by atomic mass is 32.2. The van der Waals surface area contributed by atoms with Crippen molar-refractivity contribution in [2.45, 2.75) is 63.3 Å². The van der Waals surface area contributed by atoms with Crippen molar-refractivity contribution >= 4 is 15.9 Å². The number of hydrogen-bond donors (Lipinski definition) is 0. The van der Waals surface area contributed by atoms with Gasteiger partial charge in [0, 0.05) is 31.2 Å². The third-order valence-corrected chi connectivity index (χ3v) is 7.55. The Hall–Kier alpha value is -1.40. The van der Waals surface area contributed by atoms with Crippen molar-refractivity contribution < 1.29 is 13.2 Å². The van der Waals surface area contributed by atoms with E-state index in [1.54, 1.807) is 28.6 Å². The van der Waals surface area contributed by atoms with E-state index in [2.05, 4.69) is 13.8 Å². The first-order valence-electron chi connectivity index (χ1n) is 9.82. The molecular formula is C20H30N2O3S. The standard InChI is InChI=1S/C20H30N2O3S/c1-16(2)19-8-7-15-22(19)20(23)17-9-11-18(12-10-17)26(24,25)21-13-5-3-4-6-14-21/h9-12,16,19H,3-8,13-15H2,1-2H3. The fourth-order valence-corrected chi connectivity index (χ4v) is 5.62. The van der Waals surface area contributed by atoms with Crippen LogP contribution in [0.2, 0.25) is 0 Å². The average Bonchev–Trinajstić information content (AvgIpc) is 2.96.